The predicted molar refractivity (Wildman–Crippen MR) is 128 cm³/mol. The molecule has 0 radical (unpaired) electrons. The second-order valence-corrected chi connectivity index (χ2v) is 12.0. The number of nitrogens with one attached hydrogen (secondary N) is 1. The Balaban J connectivity index is 2.03. The van der Waals surface area contributed by atoms with Crippen molar-refractivity contribution in [2.75, 3.05) is 32.0 Å². The molecule has 0 spiro atoms. The lowest BCUT2D eigenvalue weighted by atomic mass is 10.0. The van der Waals surface area contributed by atoms with Gasteiger partial charge in [-0.1, -0.05) is 20.3 Å². The van der Waals surface area contributed by atoms with E-state index in [9.17, 15) is 16.8 Å². The van der Waals surface area contributed by atoms with Crippen LogP contribution in [0.1, 0.15) is 50.2 Å². The van der Waals surface area contributed by atoms with Crippen LogP contribution < -0.4 is 14.2 Å². The Kier molecular flexibility index (Phi) is 7.60. The molecule has 2 aromatic carbocycles. The average Bonchev–Trinajstić information content (AvgIpc) is 2.78. The second-order valence-electron chi connectivity index (χ2n) is 8.45. The van der Waals surface area contributed by atoms with Crippen LogP contribution in [0, 0.1) is 6.92 Å². The van der Waals surface area contributed by atoms with Gasteiger partial charge in [-0.05, 0) is 67.1 Å². The van der Waals surface area contributed by atoms with Crippen LogP contribution in [-0.2, 0) is 20.0 Å². The summed E-state index contributed by atoms with van der Waals surface area (Å²) in [5, 5.41) is 0. The normalized spacial score (nSPS) is 15.5. The Morgan fingerprint density at radius 1 is 0.909 bits per heavy atom. The van der Waals surface area contributed by atoms with E-state index in [0.29, 0.717) is 24.4 Å². The van der Waals surface area contributed by atoms with Crippen LogP contribution >= 0.6 is 0 Å². The van der Waals surface area contributed by atoms with Gasteiger partial charge < -0.3 is 9.47 Å². The predicted octanol–water partition coefficient (Wildman–Crippen LogP) is 4.11. The van der Waals surface area contributed by atoms with Crippen LogP contribution in [-0.4, -0.2) is 48.4 Å². The van der Waals surface area contributed by atoms with Crippen molar-refractivity contribution in [3.05, 3.63) is 41.5 Å². The first-order valence-electron chi connectivity index (χ1n) is 10.9. The highest BCUT2D eigenvalue weighted by atomic mass is 32.2. The zero-order valence-electron chi connectivity index (χ0n) is 19.7. The molecule has 1 fully saturated rings. The number of hydrogen-bond acceptors (Lipinski definition) is 6. The highest BCUT2D eigenvalue weighted by molar-refractivity contribution is 7.92. The van der Waals surface area contributed by atoms with Crippen LogP contribution in [0.3, 0.4) is 0 Å². The topological polar surface area (TPSA) is 102 Å². The van der Waals surface area contributed by atoms with E-state index in [1.165, 1.54) is 29.6 Å². The Labute approximate surface area is 197 Å². The van der Waals surface area contributed by atoms with E-state index in [2.05, 4.69) is 4.72 Å². The molecule has 0 unspecified atom stereocenters. The van der Waals surface area contributed by atoms with E-state index in [0.717, 1.165) is 24.8 Å². The minimum Gasteiger partial charge on any atom is -0.496 e. The van der Waals surface area contributed by atoms with Crippen LogP contribution in [0.15, 0.2) is 40.1 Å². The molecule has 1 heterocycles. The maximum absolute atomic E-state index is 13.4. The third-order valence-corrected chi connectivity index (χ3v) is 9.21. The number of methoxy groups -OCH3 is 2. The number of ether oxygens (including phenoxy) is 2. The summed E-state index contributed by atoms with van der Waals surface area (Å²) in [5.41, 5.74) is 1.34. The van der Waals surface area contributed by atoms with Crippen molar-refractivity contribution in [2.24, 2.45) is 0 Å². The number of sulfonamides is 2. The number of hydrogen-bond donors (Lipinski definition) is 1. The molecular formula is C23H32N2O6S2. The first-order valence-corrected chi connectivity index (χ1v) is 13.8. The van der Waals surface area contributed by atoms with Gasteiger partial charge in [-0.3, -0.25) is 4.72 Å². The van der Waals surface area contributed by atoms with Crippen LogP contribution in [0.4, 0.5) is 5.69 Å². The highest BCUT2D eigenvalue weighted by Gasteiger charge is 2.28. The molecule has 0 amide bonds. The van der Waals surface area contributed by atoms with Gasteiger partial charge in [0.1, 0.15) is 11.5 Å². The number of anilines is 1. The smallest absolute Gasteiger partial charge is 0.262 e. The number of benzene rings is 2. The van der Waals surface area contributed by atoms with Crippen molar-refractivity contribution in [1.29, 1.82) is 0 Å². The molecule has 8 nitrogen and oxygen atoms in total. The Morgan fingerprint density at radius 2 is 1.55 bits per heavy atom. The summed E-state index contributed by atoms with van der Waals surface area (Å²) < 4.78 is 67.7. The standard InChI is InChI=1S/C23H32N2O6S2/c1-16(2)19-15-23(17(3)13-22(19)31-5)32(26,27)24-20-14-18(9-10-21(20)30-4)33(28,29)25-11-7-6-8-12-25/h9-10,13-16,24H,6-8,11-12H2,1-5H3. The van der Waals surface area contributed by atoms with Crippen molar-refractivity contribution in [3.63, 3.8) is 0 Å². The first-order chi connectivity index (χ1) is 15.5. The molecule has 1 aliphatic rings. The van der Waals surface area contributed by atoms with Crippen LogP contribution in [0.5, 0.6) is 11.5 Å². The van der Waals surface area contributed by atoms with E-state index in [1.807, 2.05) is 13.8 Å². The van der Waals surface area contributed by atoms with E-state index < -0.39 is 20.0 Å². The quantitative estimate of drug-likeness (QED) is 0.590. The minimum absolute atomic E-state index is 0.0252. The number of aryl methyl sites for hydroxylation is 1. The summed E-state index contributed by atoms with van der Waals surface area (Å²) in [6, 6.07) is 7.52. The minimum atomic E-state index is -4.04. The van der Waals surface area contributed by atoms with Crippen LogP contribution in [0.25, 0.3) is 0 Å². The zero-order valence-corrected chi connectivity index (χ0v) is 21.3. The molecule has 1 N–H and O–H groups in total. The fourth-order valence-corrected chi connectivity index (χ4v) is 6.84. The monoisotopic (exact) mass is 496 g/mol. The molecule has 182 valence electrons. The van der Waals surface area contributed by atoms with E-state index in [-0.39, 0.29) is 27.1 Å². The van der Waals surface area contributed by atoms with E-state index in [1.54, 1.807) is 26.2 Å². The van der Waals surface area contributed by atoms with Gasteiger partial charge >= 0.3 is 0 Å². The van der Waals surface area contributed by atoms with Crippen molar-refractivity contribution in [3.8, 4) is 11.5 Å². The largest absolute Gasteiger partial charge is 0.496 e. The van der Waals surface area contributed by atoms with Gasteiger partial charge in [0.15, 0.2) is 0 Å². The van der Waals surface area contributed by atoms with Gasteiger partial charge in [-0.25, -0.2) is 16.8 Å². The van der Waals surface area contributed by atoms with Gasteiger partial charge in [-0.2, -0.15) is 4.31 Å². The molecule has 0 bridgehead atoms. The first kappa shape index (κ1) is 25.3. The van der Waals surface area contributed by atoms with Crippen molar-refractivity contribution in [2.45, 2.75) is 55.7 Å². The van der Waals surface area contributed by atoms with Crippen molar-refractivity contribution < 1.29 is 26.3 Å². The zero-order chi connectivity index (χ0) is 24.4. The number of piperidine rings is 1. The van der Waals surface area contributed by atoms with Gasteiger partial charge in [-0.15, -0.1) is 0 Å². The van der Waals surface area contributed by atoms with E-state index in [4.69, 9.17) is 9.47 Å². The van der Waals surface area contributed by atoms with Gasteiger partial charge in [0, 0.05) is 13.1 Å². The summed E-state index contributed by atoms with van der Waals surface area (Å²) in [6.45, 7) is 6.51. The van der Waals surface area contributed by atoms with Gasteiger partial charge in [0.2, 0.25) is 10.0 Å². The molecule has 1 saturated heterocycles. The van der Waals surface area contributed by atoms with Crippen LogP contribution in [0.2, 0.25) is 0 Å². The lowest BCUT2D eigenvalue weighted by Crippen LogP contribution is -2.35. The summed E-state index contributed by atoms with van der Waals surface area (Å²) in [7, 11) is -4.83. The maximum Gasteiger partial charge on any atom is 0.262 e. The summed E-state index contributed by atoms with van der Waals surface area (Å²) >= 11 is 0. The molecule has 0 atom stereocenters. The summed E-state index contributed by atoms with van der Waals surface area (Å²) in [5.74, 6) is 0.891. The summed E-state index contributed by atoms with van der Waals surface area (Å²) in [6.07, 6.45) is 2.62. The molecule has 1 aliphatic heterocycles. The third-order valence-electron chi connectivity index (χ3n) is 5.81. The Bertz CT molecular complexity index is 1220. The second kappa shape index (κ2) is 9.90. The Morgan fingerprint density at radius 3 is 2.12 bits per heavy atom. The molecule has 0 aromatic heterocycles. The van der Waals surface area contributed by atoms with Crippen molar-refractivity contribution >= 4 is 25.7 Å². The highest BCUT2D eigenvalue weighted by Crippen LogP contribution is 2.35. The fraction of sp³-hybridized carbons (Fsp3) is 0.478. The molecular weight excluding hydrogens is 464 g/mol. The SMILES string of the molecule is COc1ccc(S(=O)(=O)N2CCCCC2)cc1NS(=O)(=O)c1cc(C(C)C)c(OC)cc1C. The van der Waals surface area contributed by atoms with Crippen molar-refractivity contribution in [1.82, 2.24) is 4.31 Å². The maximum atomic E-state index is 13.4. The third kappa shape index (κ3) is 5.28. The summed E-state index contributed by atoms with van der Waals surface area (Å²) in [4.78, 5) is 0.121. The fourth-order valence-electron chi connectivity index (χ4n) is 3.98. The Hall–Kier alpha value is -2.30. The molecule has 0 aliphatic carbocycles. The molecule has 2 aromatic rings. The van der Waals surface area contributed by atoms with E-state index >= 15 is 0 Å². The molecule has 33 heavy (non-hydrogen) atoms. The van der Waals surface area contributed by atoms with Gasteiger partial charge in [0.05, 0.1) is 29.7 Å². The van der Waals surface area contributed by atoms with Gasteiger partial charge in [0.25, 0.3) is 10.0 Å². The lowest BCUT2D eigenvalue weighted by molar-refractivity contribution is 0.346. The molecule has 0 saturated carbocycles. The number of rotatable bonds is 8. The molecule has 3 rings (SSSR count). The lowest BCUT2D eigenvalue weighted by Gasteiger charge is -2.26. The molecule has 10 heteroatoms. The number of nitrogens with zero attached hydrogens (tertiary/aromatic N) is 1. The average molecular weight is 497 g/mol.